The molecule has 3 rings (SSSR count). The number of carboxylic acid groups (broad SMARTS) is 1. The third kappa shape index (κ3) is 3.96. The molecular formula is C18H21N3O5. The first-order valence-corrected chi connectivity index (χ1v) is 8.31. The molecular weight excluding hydrogens is 338 g/mol. The molecule has 1 heterocycles. The molecule has 8 nitrogen and oxygen atoms in total. The van der Waals surface area contributed by atoms with Crippen LogP contribution in [-0.4, -0.2) is 41.4 Å². The zero-order valence-electron chi connectivity index (χ0n) is 14.6. The van der Waals surface area contributed by atoms with Crippen LogP contribution in [0.2, 0.25) is 0 Å². The van der Waals surface area contributed by atoms with Crippen LogP contribution in [0.15, 0.2) is 24.3 Å². The average Bonchev–Trinajstić information content (AvgIpc) is 3.36. The van der Waals surface area contributed by atoms with Crippen LogP contribution >= 0.6 is 0 Å². The van der Waals surface area contributed by atoms with Gasteiger partial charge < -0.3 is 19.9 Å². The molecule has 0 spiro atoms. The summed E-state index contributed by atoms with van der Waals surface area (Å²) < 4.78 is 10.5. The maximum absolute atomic E-state index is 12.5. The van der Waals surface area contributed by atoms with Gasteiger partial charge in [0.05, 0.1) is 26.7 Å². The first-order valence-electron chi connectivity index (χ1n) is 8.31. The van der Waals surface area contributed by atoms with Crippen molar-refractivity contribution in [1.82, 2.24) is 15.5 Å². The number of methoxy groups -OCH3 is 2. The predicted octanol–water partition coefficient (Wildman–Crippen LogP) is 2.25. The van der Waals surface area contributed by atoms with Crippen molar-refractivity contribution in [3.8, 4) is 11.5 Å². The zero-order chi connectivity index (χ0) is 18.7. The van der Waals surface area contributed by atoms with Gasteiger partial charge in [0.25, 0.3) is 5.91 Å². The lowest BCUT2D eigenvalue weighted by atomic mass is 10.0. The number of aromatic amines is 1. The van der Waals surface area contributed by atoms with Gasteiger partial charge in [0, 0.05) is 23.2 Å². The van der Waals surface area contributed by atoms with Gasteiger partial charge >= 0.3 is 5.97 Å². The Labute approximate surface area is 150 Å². The van der Waals surface area contributed by atoms with E-state index in [9.17, 15) is 14.7 Å². The SMILES string of the molecule is COc1ccc(C(CC(=O)O)NC(=O)c2cc(C3CC3)[nH]n2)c(OC)c1. The van der Waals surface area contributed by atoms with Crippen LogP contribution in [0.4, 0.5) is 0 Å². The number of carbonyl (C=O) groups is 2. The van der Waals surface area contributed by atoms with Gasteiger partial charge in [0.2, 0.25) is 0 Å². The monoisotopic (exact) mass is 359 g/mol. The summed E-state index contributed by atoms with van der Waals surface area (Å²) in [6.07, 6.45) is 1.90. The number of hydrogen-bond acceptors (Lipinski definition) is 5. The van der Waals surface area contributed by atoms with E-state index >= 15 is 0 Å². The highest BCUT2D eigenvalue weighted by molar-refractivity contribution is 5.93. The second-order valence-corrected chi connectivity index (χ2v) is 6.21. The first kappa shape index (κ1) is 17.8. The van der Waals surface area contributed by atoms with Crippen LogP contribution in [0.3, 0.4) is 0 Å². The number of nitrogens with zero attached hydrogens (tertiary/aromatic N) is 1. The number of hydrogen-bond donors (Lipinski definition) is 3. The number of amides is 1. The molecule has 0 aliphatic heterocycles. The molecule has 8 heteroatoms. The van der Waals surface area contributed by atoms with Crippen molar-refractivity contribution in [3.05, 3.63) is 41.2 Å². The van der Waals surface area contributed by atoms with Crippen molar-refractivity contribution >= 4 is 11.9 Å². The van der Waals surface area contributed by atoms with E-state index < -0.39 is 17.9 Å². The molecule has 1 amide bonds. The Bertz CT molecular complexity index is 813. The zero-order valence-corrected chi connectivity index (χ0v) is 14.6. The summed E-state index contributed by atoms with van der Waals surface area (Å²) in [4.78, 5) is 23.8. The Morgan fingerprint density at radius 3 is 2.69 bits per heavy atom. The maximum atomic E-state index is 12.5. The van der Waals surface area contributed by atoms with Gasteiger partial charge in [0.15, 0.2) is 0 Å². The lowest BCUT2D eigenvalue weighted by Crippen LogP contribution is -2.30. The number of nitrogens with one attached hydrogen (secondary N) is 2. The van der Waals surface area contributed by atoms with Gasteiger partial charge in [0.1, 0.15) is 17.2 Å². The predicted molar refractivity (Wildman–Crippen MR) is 92.6 cm³/mol. The van der Waals surface area contributed by atoms with E-state index in [0.29, 0.717) is 23.0 Å². The van der Waals surface area contributed by atoms with E-state index in [4.69, 9.17) is 9.47 Å². The van der Waals surface area contributed by atoms with Gasteiger partial charge in [-0.05, 0) is 31.0 Å². The summed E-state index contributed by atoms with van der Waals surface area (Å²) >= 11 is 0. The van der Waals surface area contributed by atoms with Crippen LogP contribution in [-0.2, 0) is 4.79 Å². The van der Waals surface area contributed by atoms with E-state index in [0.717, 1.165) is 18.5 Å². The molecule has 1 atom stereocenters. The minimum atomic E-state index is -1.03. The molecule has 2 aromatic rings. The second-order valence-electron chi connectivity index (χ2n) is 6.21. The van der Waals surface area contributed by atoms with Crippen LogP contribution < -0.4 is 14.8 Å². The molecule has 1 saturated carbocycles. The third-order valence-corrected chi connectivity index (χ3v) is 4.35. The van der Waals surface area contributed by atoms with Gasteiger partial charge in [-0.25, -0.2) is 0 Å². The van der Waals surface area contributed by atoms with E-state index in [2.05, 4.69) is 15.5 Å². The molecule has 1 aliphatic rings. The number of aliphatic carboxylic acids is 1. The Morgan fingerprint density at radius 1 is 1.31 bits per heavy atom. The number of carbonyl (C=O) groups excluding carboxylic acids is 1. The Kier molecular flexibility index (Phi) is 5.11. The summed E-state index contributed by atoms with van der Waals surface area (Å²) in [6, 6.07) is 5.98. The lowest BCUT2D eigenvalue weighted by molar-refractivity contribution is -0.137. The number of rotatable bonds is 8. The molecule has 1 unspecified atom stereocenters. The van der Waals surface area contributed by atoms with Gasteiger partial charge in [-0.1, -0.05) is 0 Å². The minimum absolute atomic E-state index is 0.245. The molecule has 26 heavy (non-hydrogen) atoms. The molecule has 0 bridgehead atoms. The summed E-state index contributed by atoms with van der Waals surface area (Å²) in [5, 5.41) is 18.9. The van der Waals surface area contributed by atoms with Crippen molar-refractivity contribution < 1.29 is 24.2 Å². The standard InChI is InChI=1S/C18H21N3O5/c1-25-11-5-6-12(16(7-11)26-2)14(9-17(22)23)19-18(24)15-8-13(20-21-15)10-3-4-10/h5-8,10,14H,3-4,9H2,1-2H3,(H,19,24)(H,20,21)(H,22,23). The number of H-pyrrole nitrogens is 1. The molecule has 1 aromatic heterocycles. The molecule has 1 fully saturated rings. The van der Waals surface area contributed by atoms with E-state index in [1.54, 1.807) is 24.3 Å². The largest absolute Gasteiger partial charge is 0.497 e. The Balaban J connectivity index is 1.83. The van der Waals surface area contributed by atoms with Crippen molar-refractivity contribution in [1.29, 1.82) is 0 Å². The van der Waals surface area contributed by atoms with Crippen molar-refractivity contribution in [3.63, 3.8) is 0 Å². The van der Waals surface area contributed by atoms with Gasteiger partial charge in [-0.15, -0.1) is 0 Å². The Morgan fingerprint density at radius 2 is 2.08 bits per heavy atom. The summed E-state index contributed by atoms with van der Waals surface area (Å²) in [5.41, 5.74) is 1.74. The number of aromatic nitrogens is 2. The summed E-state index contributed by atoms with van der Waals surface area (Å²) in [5.74, 6) is -0.00402. The van der Waals surface area contributed by atoms with Crippen LogP contribution in [0.1, 0.15) is 53.0 Å². The van der Waals surface area contributed by atoms with Gasteiger partial charge in [-0.3, -0.25) is 14.7 Å². The van der Waals surface area contributed by atoms with E-state index in [-0.39, 0.29) is 12.1 Å². The fourth-order valence-electron chi connectivity index (χ4n) is 2.81. The number of ether oxygens (including phenoxy) is 2. The van der Waals surface area contributed by atoms with Crippen molar-refractivity contribution in [2.75, 3.05) is 14.2 Å². The maximum Gasteiger partial charge on any atom is 0.305 e. The fraction of sp³-hybridized carbons (Fsp3) is 0.389. The smallest absolute Gasteiger partial charge is 0.305 e. The Hall–Kier alpha value is -3.03. The quantitative estimate of drug-likeness (QED) is 0.666. The van der Waals surface area contributed by atoms with Crippen LogP contribution in [0.25, 0.3) is 0 Å². The van der Waals surface area contributed by atoms with Gasteiger partial charge in [-0.2, -0.15) is 5.10 Å². The second kappa shape index (κ2) is 7.47. The molecule has 138 valence electrons. The first-order chi connectivity index (χ1) is 12.5. The van der Waals surface area contributed by atoms with E-state index in [1.807, 2.05) is 0 Å². The number of benzene rings is 1. The fourth-order valence-corrected chi connectivity index (χ4v) is 2.81. The van der Waals surface area contributed by atoms with E-state index in [1.165, 1.54) is 14.2 Å². The average molecular weight is 359 g/mol. The molecule has 0 radical (unpaired) electrons. The van der Waals surface area contributed by atoms with Crippen LogP contribution in [0.5, 0.6) is 11.5 Å². The van der Waals surface area contributed by atoms with Crippen molar-refractivity contribution in [2.45, 2.75) is 31.2 Å². The molecule has 1 aromatic carbocycles. The lowest BCUT2D eigenvalue weighted by Gasteiger charge is -2.20. The normalized spacial score (nSPS) is 14.5. The molecule has 1 aliphatic carbocycles. The van der Waals surface area contributed by atoms with Crippen molar-refractivity contribution in [2.24, 2.45) is 0 Å². The molecule has 3 N–H and O–H groups in total. The molecule has 0 saturated heterocycles. The summed E-state index contributed by atoms with van der Waals surface area (Å²) in [6.45, 7) is 0. The van der Waals surface area contributed by atoms with Crippen LogP contribution in [0, 0.1) is 0 Å². The minimum Gasteiger partial charge on any atom is -0.497 e. The highest BCUT2D eigenvalue weighted by Crippen LogP contribution is 2.39. The summed E-state index contributed by atoms with van der Waals surface area (Å²) in [7, 11) is 3.01. The third-order valence-electron chi connectivity index (χ3n) is 4.35. The number of carboxylic acids is 1. The highest BCUT2D eigenvalue weighted by atomic mass is 16.5. The topological polar surface area (TPSA) is 114 Å². The highest BCUT2D eigenvalue weighted by Gasteiger charge is 2.28.